The summed E-state index contributed by atoms with van der Waals surface area (Å²) in [6.07, 6.45) is 0.347. The van der Waals surface area contributed by atoms with Crippen LogP contribution in [0.25, 0.3) is 0 Å². The Morgan fingerprint density at radius 2 is 1.70 bits per heavy atom. The van der Waals surface area contributed by atoms with Crippen molar-refractivity contribution in [2.75, 3.05) is 5.32 Å². The van der Waals surface area contributed by atoms with Gasteiger partial charge in [-0.05, 0) is 43.5 Å². The number of halogens is 3. The molecule has 0 aliphatic carbocycles. The van der Waals surface area contributed by atoms with Crippen molar-refractivity contribution in [1.29, 1.82) is 0 Å². The van der Waals surface area contributed by atoms with E-state index in [4.69, 9.17) is 0 Å². The third-order valence-corrected chi connectivity index (χ3v) is 3.16. The Balaban J connectivity index is 2.15. The third kappa shape index (κ3) is 3.13. The van der Waals surface area contributed by atoms with Gasteiger partial charge in [0.05, 0.1) is 0 Å². The molecule has 0 aliphatic heterocycles. The molecule has 1 unspecified atom stereocenters. The maximum atomic E-state index is 13.9. The van der Waals surface area contributed by atoms with E-state index in [2.05, 4.69) is 5.32 Å². The van der Waals surface area contributed by atoms with Gasteiger partial charge in [0.2, 0.25) is 0 Å². The van der Waals surface area contributed by atoms with Gasteiger partial charge >= 0.3 is 0 Å². The molecule has 0 amide bonds. The zero-order valence-corrected chi connectivity index (χ0v) is 11.4. The Hall–Kier alpha value is -1.97. The van der Waals surface area contributed by atoms with E-state index >= 15 is 0 Å². The molecule has 1 nitrogen and oxygen atoms in total. The first kappa shape index (κ1) is 14.4. The molecule has 0 aromatic heterocycles. The van der Waals surface area contributed by atoms with Crippen molar-refractivity contribution in [3.63, 3.8) is 0 Å². The lowest BCUT2D eigenvalue weighted by atomic mass is 10.1. The number of rotatable bonds is 4. The Morgan fingerprint density at radius 1 is 1.00 bits per heavy atom. The van der Waals surface area contributed by atoms with Gasteiger partial charge in [-0.1, -0.05) is 24.3 Å². The molecule has 2 aromatic rings. The van der Waals surface area contributed by atoms with Gasteiger partial charge in [0.1, 0.15) is 17.3 Å². The highest BCUT2D eigenvalue weighted by molar-refractivity contribution is 5.49. The highest BCUT2D eigenvalue weighted by Gasteiger charge is 2.14. The van der Waals surface area contributed by atoms with Crippen LogP contribution in [-0.4, -0.2) is 6.04 Å². The lowest BCUT2D eigenvalue weighted by molar-refractivity contribution is 0.573. The number of anilines is 1. The van der Waals surface area contributed by atoms with Gasteiger partial charge in [-0.15, -0.1) is 0 Å². The predicted molar refractivity (Wildman–Crippen MR) is 74.3 cm³/mol. The maximum absolute atomic E-state index is 13.9. The van der Waals surface area contributed by atoms with Gasteiger partial charge in [0, 0.05) is 6.04 Å². The molecule has 2 aromatic carbocycles. The van der Waals surface area contributed by atoms with Gasteiger partial charge < -0.3 is 5.32 Å². The summed E-state index contributed by atoms with van der Waals surface area (Å²) in [5.74, 6) is -1.56. The monoisotopic (exact) mass is 279 g/mol. The van der Waals surface area contributed by atoms with Crippen molar-refractivity contribution >= 4 is 5.69 Å². The number of hydrogen-bond donors (Lipinski definition) is 1. The van der Waals surface area contributed by atoms with Crippen LogP contribution in [0, 0.1) is 24.4 Å². The molecule has 0 saturated heterocycles. The van der Waals surface area contributed by atoms with E-state index in [1.807, 2.05) is 0 Å². The van der Waals surface area contributed by atoms with Crippen LogP contribution in [0.3, 0.4) is 0 Å². The minimum absolute atomic E-state index is 0.158. The van der Waals surface area contributed by atoms with Crippen LogP contribution >= 0.6 is 0 Å². The van der Waals surface area contributed by atoms with Gasteiger partial charge in [0.25, 0.3) is 0 Å². The van der Waals surface area contributed by atoms with Gasteiger partial charge in [-0.3, -0.25) is 0 Å². The molecule has 0 aliphatic rings. The first-order chi connectivity index (χ1) is 9.49. The molecular weight excluding hydrogens is 263 g/mol. The van der Waals surface area contributed by atoms with Gasteiger partial charge in [0.15, 0.2) is 5.82 Å². The molecule has 20 heavy (non-hydrogen) atoms. The second-order valence-electron chi connectivity index (χ2n) is 4.89. The van der Waals surface area contributed by atoms with E-state index in [0.29, 0.717) is 17.5 Å². The molecule has 0 bridgehead atoms. The van der Waals surface area contributed by atoms with Crippen LogP contribution in [0.1, 0.15) is 18.1 Å². The second-order valence-corrected chi connectivity index (χ2v) is 4.89. The highest BCUT2D eigenvalue weighted by atomic mass is 19.1. The molecule has 4 heteroatoms. The van der Waals surface area contributed by atoms with Crippen molar-refractivity contribution < 1.29 is 13.2 Å². The number of nitrogens with one attached hydrogen (secondary N) is 1. The molecular formula is C16H16F3N. The van der Waals surface area contributed by atoms with Crippen LogP contribution in [0.15, 0.2) is 36.4 Å². The van der Waals surface area contributed by atoms with Crippen molar-refractivity contribution in [2.24, 2.45) is 0 Å². The molecule has 0 heterocycles. The van der Waals surface area contributed by atoms with E-state index in [-0.39, 0.29) is 17.5 Å². The molecule has 1 atom stereocenters. The summed E-state index contributed by atoms with van der Waals surface area (Å²) in [4.78, 5) is 0. The summed E-state index contributed by atoms with van der Waals surface area (Å²) < 4.78 is 41.0. The molecule has 0 fully saturated rings. The highest BCUT2D eigenvalue weighted by Crippen LogP contribution is 2.23. The molecule has 2 rings (SSSR count). The van der Waals surface area contributed by atoms with Crippen LogP contribution in [0.4, 0.5) is 18.9 Å². The lowest BCUT2D eigenvalue weighted by Gasteiger charge is -2.17. The minimum Gasteiger partial charge on any atom is -0.377 e. The molecule has 1 N–H and O–H groups in total. The molecule has 0 saturated carbocycles. The fourth-order valence-corrected chi connectivity index (χ4v) is 2.08. The number of aryl methyl sites for hydroxylation is 1. The quantitative estimate of drug-likeness (QED) is 0.871. The standard InChI is InChI=1S/C16H16F3N/c1-10-7-8-14(18)16(15(10)19)20-11(2)9-12-5-3-4-6-13(12)17/h3-8,11,20H,9H2,1-2H3. The van der Waals surface area contributed by atoms with E-state index in [0.717, 1.165) is 0 Å². The average molecular weight is 279 g/mol. The summed E-state index contributed by atoms with van der Waals surface area (Å²) in [6, 6.07) is 8.69. The molecule has 0 radical (unpaired) electrons. The molecule has 106 valence electrons. The van der Waals surface area contributed by atoms with Crippen LogP contribution in [0.5, 0.6) is 0 Å². The number of benzene rings is 2. The summed E-state index contributed by atoms with van der Waals surface area (Å²) in [7, 11) is 0. The van der Waals surface area contributed by atoms with E-state index in [1.165, 1.54) is 18.2 Å². The normalized spacial score (nSPS) is 12.2. The number of hydrogen-bond acceptors (Lipinski definition) is 1. The largest absolute Gasteiger partial charge is 0.377 e. The Bertz CT molecular complexity index is 611. The van der Waals surface area contributed by atoms with E-state index in [9.17, 15) is 13.2 Å². The lowest BCUT2D eigenvalue weighted by Crippen LogP contribution is -2.20. The zero-order valence-electron chi connectivity index (χ0n) is 11.4. The predicted octanol–water partition coefficient (Wildman–Crippen LogP) is 4.46. The Kier molecular flexibility index (Phi) is 4.32. The van der Waals surface area contributed by atoms with E-state index < -0.39 is 11.6 Å². The van der Waals surface area contributed by atoms with Crippen molar-refractivity contribution in [1.82, 2.24) is 0 Å². The van der Waals surface area contributed by atoms with E-state index in [1.54, 1.807) is 32.0 Å². The van der Waals surface area contributed by atoms with Crippen LogP contribution in [-0.2, 0) is 6.42 Å². The molecule has 0 spiro atoms. The fraction of sp³-hybridized carbons (Fsp3) is 0.250. The topological polar surface area (TPSA) is 12.0 Å². The van der Waals surface area contributed by atoms with Crippen molar-refractivity contribution in [2.45, 2.75) is 26.3 Å². The SMILES string of the molecule is Cc1ccc(F)c(NC(C)Cc2ccccc2F)c1F. The Morgan fingerprint density at radius 3 is 2.40 bits per heavy atom. The Labute approximate surface area is 116 Å². The van der Waals surface area contributed by atoms with Gasteiger partial charge in [-0.2, -0.15) is 0 Å². The smallest absolute Gasteiger partial charge is 0.152 e. The van der Waals surface area contributed by atoms with Crippen LogP contribution < -0.4 is 5.32 Å². The summed E-state index contributed by atoms with van der Waals surface area (Å²) in [6.45, 7) is 3.33. The van der Waals surface area contributed by atoms with Crippen LogP contribution in [0.2, 0.25) is 0 Å². The van der Waals surface area contributed by atoms with Gasteiger partial charge in [-0.25, -0.2) is 13.2 Å². The minimum atomic E-state index is -0.645. The van der Waals surface area contributed by atoms with Crippen molar-refractivity contribution in [3.8, 4) is 0 Å². The fourth-order valence-electron chi connectivity index (χ4n) is 2.08. The first-order valence-electron chi connectivity index (χ1n) is 6.43. The zero-order chi connectivity index (χ0) is 14.7. The summed E-state index contributed by atoms with van der Waals surface area (Å²) in [5.41, 5.74) is 0.724. The summed E-state index contributed by atoms with van der Waals surface area (Å²) in [5, 5.41) is 2.78. The third-order valence-electron chi connectivity index (χ3n) is 3.16. The second kappa shape index (κ2) is 5.99. The van der Waals surface area contributed by atoms with Crippen molar-refractivity contribution in [3.05, 3.63) is 65.0 Å². The summed E-state index contributed by atoms with van der Waals surface area (Å²) >= 11 is 0. The maximum Gasteiger partial charge on any atom is 0.152 e. The first-order valence-corrected chi connectivity index (χ1v) is 6.43. The average Bonchev–Trinajstić information content (AvgIpc) is 2.42.